The van der Waals surface area contributed by atoms with Crippen LogP contribution in [0.5, 0.6) is 0 Å². The third-order valence-electron chi connectivity index (χ3n) is 4.43. The summed E-state index contributed by atoms with van der Waals surface area (Å²) in [6.45, 7) is 0.977. The Bertz CT molecular complexity index is 1010. The average molecular weight is 378 g/mol. The van der Waals surface area contributed by atoms with Crippen LogP contribution in [0.25, 0.3) is 11.0 Å². The van der Waals surface area contributed by atoms with Gasteiger partial charge >= 0.3 is 0 Å². The number of nitrogens with zero attached hydrogens (tertiary/aromatic N) is 3. The number of halogens is 2. The molecule has 2 heterocycles. The molecule has 0 aliphatic carbocycles. The molecule has 0 unspecified atom stereocenters. The first-order chi connectivity index (χ1) is 12.5. The first-order valence-electron chi connectivity index (χ1n) is 8.11. The van der Waals surface area contributed by atoms with E-state index in [1.807, 2.05) is 29.2 Å². The highest BCUT2D eigenvalue weighted by Gasteiger charge is 2.33. The molecule has 0 atom stereocenters. The Kier molecular flexibility index (Phi) is 4.12. The quantitative estimate of drug-likeness (QED) is 0.760. The summed E-state index contributed by atoms with van der Waals surface area (Å²) >= 11 is 0. The van der Waals surface area contributed by atoms with E-state index in [9.17, 15) is 17.2 Å². The van der Waals surface area contributed by atoms with E-state index >= 15 is 0 Å². The van der Waals surface area contributed by atoms with Crippen LogP contribution in [0.1, 0.15) is 0 Å². The maximum atomic E-state index is 13.9. The van der Waals surface area contributed by atoms with Gasteiger partial charge < -0.3 is 9.88 Å². The van der Waals surface area contributed by atoms with Crippen molar-refractivity contribution in [3.8, 4) is 0 Å². The summed E-state index contributed by atoms with van der Waals surface area (Å²) in [6.07, 6.45) is 0. The lowest BCUT2D eigenvalue weighted by atomic mass is 10.3. The SMILES string of the molecule is O=S(=O)(c1c(F)cccc1F)N1CCN(c2nc3ccccc3[nH]2)CC1. The lowest BCUT2D eigenvalue weighted by Crippen LogP contribution is -2.49. The Hall–Kier alpha value is -2.52. The largest absolute Gasteiger partial charge is 0.340 e. The molecule has 0 bridgehead atoms. The van der Waals surface area contributed by atoms with Crippen LogP contribution in [-0.2, 0) is 10.0 Å². The van der Waals surface area contributed by atoms with E-state index in [1.165, 1.54) is 0 Å². The summed E-state index contributed by atoms with van der Waals surface area (Å²) < 4.78 is 54.1. The highest BCUT2D eigenvalue weighted by atomic mass is 32.2. The molecule has 0 radical (unpaired) electrons. The molecule has 9 heteroatoms. The Morgan fingerprint density at radius 2 is 1.58 bits per heavy atom. The van der Waals surface area contributed by atoms with Crippen molar-refractivity contribution in [3.63, 3.8) is 0 Å². The maximum absolute atomic E-state index is 13.9. The number of hydrogen-bond acceptors (Lipinski definition) is 4. The highest BCUT2D eigenvalue weighted by molar-refractivity contribution is 7.89. The number of piperazine rings is 1. The third-order valence-corrected chi connectivity index (χ3v) is 6.38. The second-order valence-electron chi connectivity index (χ2n) is 6.02. The Balaban J connectivity index is 1.54. The van der Waals surface area contributed by atoms with Gasteiger partial charge in [0.15, 0.2) is 4.90 Å². The van der Waals surface area contributed by atoms with Crippen molar-refractivity contribution in [3.05, 3.63) is 54.1 Å². The number of H-pyrrole nitrogens is 1. The molecule has 1 aromatic heterocycles. The monoisotopic (exact) mass is 378 g/mol. The van der Waals surface area contributed by atoms with Crippen molar-refractivity contribution in [2.75, 3.05) is 31.1 Å². The average Bonchev–Trinajstić information content (AvgIpc) is 3.05. The maximum Gasteiger partial charge on any atom is 0.249 e. The molecule has 2 aromatic carbocycles. The van der Waals surface area contributed by atoms with Crippen molar-refractivity contribution < 1.29 is 17.2 Å². The minimum atomic E-state index is -4.23. The standard InChI is InChI=1S/C17H16F2N4O2S/c18-12-4-3-5-13(19)16(12)26(24,25)23-10-8-22(9-11-23)17-20-14-6-1-2-7-15(14)21-17/h1-7H,8-11H2,(H,20,21). The van der Waals surface area contributed by atoms with Gasteiger partial charge in [-0.25, -0.2) is 22.2 Å². The molecule has 1 saturated heterocycles. The van der Waals surface area contributed by atoms with Crippen LogP contribution in [0.2, 0.25) is 0 Å². The zero-order chi connectivity index (χ0) is 18.3. The number of fused-ring (bicyclic) bond motifs is 1. The van der Waals surface area contributed by atoms with Crippen molar-refractivity contribution >= 4 is 27.0 Å². The summed E-state index contributed by atoms with van der Waals surface area (Å²) in [5.41, 5.74) is 1.72. The van der Waals surface area contributed by atoms with E-state index in [2.05, 4.69) is 9.97 Å². The van der Waals surface area contributed by atoms with Crippen molar-refractivity contribution in [1.82, 2.24) is 14.3 Å². The predicted octanol–water partition coefficient (Wildman–Crippen LogP) is 2.35. The normalized spacial score (nSPS) is 16.3. The van der Waals surface area contributed by atoms with E-state index in [1.54, 1.807) is 0 Å². The van der Waals surface area contributed by atoms with Crippen LogP contribution in [0.15, 0.2) is 47.4 Å². The highest BCUT2D eigenvalue weighted by Crippen LogP contribution is 2.25. The second-order valence-corrected chi connectivity index (χ2v) is 7.89. The first kappa shape index (κ1) is 16.9. The Labute approximate surface area is 149 Å². The Morgan fingerprint density at radius 1 is 0.923 bits per heavy atom. The molecule has 4 rings (SSSR count). The number of rotatable bonds is 3. The summed E-state index contributed by atoms with van der Waals surface area (Å²) in [6, 6.07) is 10.6. The van der Waals surface area contributed by atoms with E-state index in [0.29, 0.717) is 19.0 Å². The van der Waals surface area contributed by atoms with Gasteiger partial charge in [-0.1, -0.05) is 18.2 Å². The molecule has 136 valence electrons. The molecular formula is C17H16F2N4O2S. The number of anilines is 1. The molecule has 3 aromatic rings. The summed E-state index contributed by atoms with van der Waals surface area (Å²) in [4.78, 5) is 8.72. The minimum Gasteiger partial charge on any atom is -0.340 e. The van der Waals surface area contributed by atoms with Crippen LogP contribution >= 0.6 is 0 Å². The number of nitrogens with one attached hydrogen (secondary N) is 1. The topological polar surface area (TPSA) is 69.3 Å². The van der Waals surface area contributed by atoms with Gasteiger partial charge in [-0.2, -0.15) is 4.31 Å². The molecule has 0 spiro atoms. The van der Waals surface area contributed by atoms with E-state index in [0.717, 1.165) is 33.5 Å². The first-order valence-corrected chi connectivity index (χ1v) is 9.55. The number of sulfonamides is 1. The number of aromatic amines is 1. The van der Waals surface area contributed by atoms with E-state index in [4.69, 9.17) is 0 Å². The molecule has 1 aliphatic rings. The van der Waals surface area contributed by atoms with Gasteiger partial charge in [0.05, 0.1) is 11.0 Å². The van der Waals surface area contributed by atoms with E-state index < -0.39 is 26.6 Å². The van der Waals surface area contributed by atoms with Crippen molar-refractivity contribution in [1.29, 1.82) is 0 Å². The molecule has 26 heavy (non-hydrogen) atoms. The van der Waals surface area contributed by atoms with Crippen molar-refractivity contribution in [2.45, 2.75) is 4.90 Å². The minimum absolute atomic E-state index is 0.118. The molecule has 0 saturated carbocycles. The number of para-hydroxylation sites is 2. The lowest BCUT2D eigenvalue weighted by molar-refractivity contribution is 0.377. The second kappa shape index (κ2) is 6.33. The van der Waals surface area contributed by atoms with Gasteiger partial charge in [-0.3, -0.25) is 0 Å². The van der Waals surface area contributed by atoms with Gasteiger partial charge in [0.2, 0.25) is 16.0 Å². The fourth-order valence-electron chi connectivity index (χ4n) is 3.09. The van der Waals surface area contributed by atoms with E-state index in [-0.39, 0.29) is 13.1 Å². The third kappa shape index (κ3) is 2.82. The fraction of sp³-hybridized carbons (Fsp3) is 0.235. The number of benzene rings is 2. The van der Waals surface area contributed by atoms with Crippen LogP contribution in [0.3, 0.4) is 0 Å². The number of hydrogen-bond donors (Lipinski definition) is 1. The van der Waals surface area contributed by atoms with Crippen molar-refractivity contribution in [2.24, 2.45) is 0 Å². The van der Waals surface area contributed by atoms with Gasteiger partial charge in [-0.05, 0) is 24.3 Å². The smallest absolute Gasteiger partial charge is 0.249 e. The number of imidazole rings is 1. The predicted molar refractivity (Wildman–Crippen MR) is 93.4 cm³/mol. The summed E-state index contributed by atoms with van der Waals surface area (Å²) in [5, 5.41) is 0. The van der Waals surface area contributed by atoms with Gasteiger partial charge in [0.1, 0.15) is 11.6 Å². The molecule has 6 nitrogen and oxygen atoms in total. The zero-order valence-corrected chi connectivity index (χ0v) is 14.5. The lowest BCUT2D eigenvalue weighted by Gasteiger charge is -2.33. The van der Waals surface area contributed by atoms with Gasteiger partial charge in [-0.15, -0.1) is 0 Å². The summed E-state index contributed by atoms with van der Waals surface area (Å²) in [7, 11) is -4.23. The fourth-order valence-corrected chi connectivity index (χ4v) is 4.62. The van der Waals surface area contributed by atoms with Crippen LogP contribution in [0.4, 0.5) is 14.7 Å². The zero-order valence-electron chi connectivity index (χ0n) is 13.7. The van der Waals surface area contributed by atoms with Crippen LogP contribution in [0, 0.1) is 11.6 Å². The molecule has 1 fully saturated rings. The Morgan fingerprint density at radius 3 is 2.23 bits per heavy atom. The van der Waals surface area contributed by atoms with Crippen LogP contribution in [-0.4, -0.2) is 48.9 Å². The number of aromatic nitrogens is 2. The van der Waals surface area contributed by atoms with Gasteiger partial charge in [0, 0.05) is 26.2 Å². The molecule has 1 aliphatic heterocycles. The molecule has 1 N–H and O–H groups in total. The van der Waals surface area contributed by atoms with Crippen LogP contribution < -0.4 is 4.90 Å². The molecule has 0 amide bonds. The summed E-state index contributed by atoms with van der Waals surface area (Å²) in [5.74, 6) is -1.50. The molecular weight excluding hydrogens is 362 g/mol. The van der Waals surface area contributed by atoms with Gasteiger partial charge in [0.25, 0.3) is 0 Å².